The van der Waals surface area contributed by atoms with Crippen LogP contribution in [0.25, 0.3) is 0 Å². The van der Waals surface area contributed by atoms with Crippen LogP contribution in [0.15, 0.2) is 5.16 Å². The molecule has 6 heteroatoms. The van der Waals surface area contributed by atoms with Crippen molar-refractivity contribution in [1.82, 2.24) is 0 Å². The molecule has 0 bridgehead atoms. The molecule has 15 heavy (non-hydrogen) atoms. The van der Waals surface area contributed by atoms with Gasteiger partial charge in [-0.1, -0.05) is 21.1 Å². The van der Waals surface area contributed by atoms with E-state index < -0.39 is 11.8 Å². The Bertz CT molecular complexity index is 298. The maximum absolute atomic E-state index is 11.5. The number of nitrogens with zero attached hydrogens (tertiary/aromatic N) is 1. The molecule has 0 aromatic carbocycles. The molecule has 0 saturated carbocycles. The molecule has 0 unspecified atom stereocenters. The summed E-state index contributed by atoms with van der Waals surface area (Å²) in [6.07, 6.45) is 1.64. The van der Waals surface area contributed by atoms with Gasteiger partial charge in [0.2, 0.25) is 0 Å². The first-order valence-corrected chi connectivity index (χ1v) is 5.82. The maximum atomic E-state index is 11.5. The molecule has 1 spiro atoms. The van der Waals surface area contributed by atoms with Crippen molar-refractivity contribution in [2.24, 2.45) is 5.16 Å². The third kappa shape index (κ3) is 1.76. The van der Waals surface area contributed by atoms with Gasteiger partial charge in [-0.2, -0.15) is 0 Å². The van der Waals surface area contributed by atoms with Gasteiger partial charge >= 0.3 is 5.97 Å². The molecule has 2 rings (SSSR count). The minimum absolute atomic E-state index is 0.249. The van der Waals surface area contributed by atoms with E-state index in [-0.39, 0.29) is 10.5 Å². The summed E-state index contributed by atoms with van der Waals surface area (Å²) in [5.41, 5.74) is 0.249. The molecule has 0 aromatic rings. The predicted octanol–water partition coefficient (Wildman–Crippen LogP) is 1.21. The van der Waals surface area contributed by atoms with E-state index in [0.29, 0.717) is 13.2 Å². The fourth-order valence-corrected chi connectivity index (χ4v) is 2.40. The second-order valence-electron chi connectivity index (χ2n) is 3.41. The van der Waals surface area contributed by atoms with Crippen molar-refractivity contribution < 1.29 is 19.1 Å². The van der Waals surface area contributed by atoms with Crippen molar-refractivity contribution >= 4 is 27.6 Å². The molecule has 0 aliphatic carbocycles. The standard InChI is InChI=1S/C9H12BrNO4/c1-2-13-8(12)6-7(10)9(15-11-6)4-3-5-14-9/h7H,2-5H2,1H3/t7-,9-/m1/s1. The molecule has 2 heterocycles. The van der Waals surface area contributed by atoms with E-state index in [2.05, 4.69) is 21.1 Å². The van der Waals surface area contributed by atoms with E-state index in [1.165, 1.54) is 0 Å². The normalized spacial score (nSPS) is 34.0. The first kappa shape index (κ1) is 10.9. The summed E-state index contributed by atoms with van der Waals surface area (Å²) in [7, 11) is 0. The van der Waals surface area contributed by atoms with Crippen LogP contribution in [0.4, 0.5) is 0 Å². The van der Waals surface area contributed by atoms with Crippen molar-refractivity contribution in [3.8, 4) is 0 Å². The zero-order valence-electron chi connectivity index (χ0n) is 8.36. The summed E-state index contributed by atoms with van der Waals surface area (Å²) < 4.78 is 10.3. The van der Waals surface area contributed by atoms with Gasteiger partial charge in [-0.15, -0.1) is 0 Å². The molecule has 1 fully saturated rings. The molecule has 2 atom stereocenters. The van der Waals surface area contributed by atoms with Gasteiger partial charge in [-0.25, -0.2) is 4.79 Å². The van der Waals surface area contributed by atoms with Crippen LogP contribution < -0.4 is 0 Å². The average molecular weight is 278 g/mol. The van der Waals surface area contributed by atoms with Gasteiger partial charge in [0.05, 0.1) is 13.2 Å². The Hall–Kier alpha value is -0.620. The number of carbonyl (C=O) groups is 1. The van der Waals surface area contributed by atoms with Crippen molar-refractivity contribution in [3.05, 3.63) is 0 Å². The highest BCUT2D eigenvalue weighted by Gasteiger charge is 2.53. The second kappa shape index (κ2) is 4.09. The van der Waals surface area contributed by atoms with Crippen LogP contribution >= 0.6 is 15.9 Å². The summed E-state index contributed by atoms with van der Waals surface area (Å²) in [5, 5.41) is 3.74. The van der Waals surface area contributed by atoms with Crippen LogP contribution in [0.5, 0.6) is 0 Å². The SMILES string of the molecule is CCOC(=O)C1=NO[C@]2(CCCO2)[C@@H]1Br. The quantitative estimate of drug-likeness (QED) is 0.562. The van der Waals surface area contributed by atoms with Crippen molar-refractivity contribution in [1.29, 1.82) is 0 Å². The Morgan fingerprint density at radius 3 is 3.20 bits per heavy atom. The first-order chi connectivity index (χ1) is 7.19. The van der Waals surface area contributed by atoms with Crippen molar-refractivity contribution in [2.75, 3.05) is 13.2 Å². The van der Waals surface area contributed by atoms with Gasteiger partial charge in [0, 0.05) is 6.42 Å². The van der Waals surface area contributed by atoms with Crippen LogP contribution in [0, 0.1) is 0 Å². The zero-order chi connectivity index (χ0) is 10.9. The molecule has 0 radical (unpaired) electrons. The third-order valence-electron chi connectivity index (χ3n) is 2.43. The van der Waals surface area contributed by atoms with Gasteiger partial charge in [-0.05, 0) is 13.3 Å². The number of hydrogen-bond donors (Lipinski definition) is 0. The highest BCUT2D eigenvalue weighted by atomic mass is 79.9. The number of carbonyl (C=O) groups excluding carboxylic acids is 1. The van der Waals surface area contributed by atoms with Crippen LogP contribution in [-0.2, 0) is 19.1 Å². The highest BCUT2D eigenvalue weighted by molar-refractivity contribution is 9.10. The number of halogens is 1. The maximum Gasteiger partial charge on any atom is 0.357 e. The van der Waals surface area contributed by atoms with E-state index in [9.17, 15) is 4.79 Å². The number of hydrogen-bond acceptors (Lipinski definition) is 5. The largest absolute Gasteiger partial charge is 0.461 e. The topological polar surface area (TPSA) is 57.1 Å². The Kier molecular flexibility index (Phi) is 2.97. The third-order valence-corrected chi connectivity index (χ3v) is 3.56. The fourth-order valence-electron chi connectivity index (χ4n) is 1.68. The Morgan fingerprint density at radius 2 is 2.60 bits per heavy atom. The molecule has 0 amide bonds. The van der Waals surface area contributed by atoms with Crippen molar-refractivity contribution in [3.63, 3.8) is 0 Å². The molecule has 5 nitrogen and oxygen atoms in total. The first-order valence-electron chi connectivity index (χ1n) is 4.91. The molecule has 84 valence electrons. The number of rotatable bonds is 2. The van der Waals surface area contributed by atoms with E-state index in [1.807, 2.05) is 0 Å². The molecular weight excluding hydrogens is 266 g/mol. The van der Waals surface area contributed by atoms with Crippen LogP contribution in [0.1, 0.15) is 19.8 Å². The van der Waals surface area contributed by atoms with Gasteiger partial charge in [-0.3, -0.25) is 0 Å². The van der Waals surface area contributed by atoms with Gasteiger partial charge in [0.25, 0.3) is 5.79 Å². The summed E-state index contributed by atoms with van der Waals surface area (Å²) in [5.74, 6) is -1.24. The minimum atomic E-state index is -0.790. The fraction of sp³-hybridized carbons (Fsp3) is 0.778. The lowest BCUT2D eigenvalue weighted by molar-refractivity contribution is -0.188. The number of alkyl halides is 1. The number of esters is 1. The Balaban J connectivity index is 2.08. The molecule has 2 aliphatic rings. The lowest BCUT2D eigenvalue weighted by Crippen LogP contribution is -2.41. The highest BCUT2D eigenvalue weighted by Crippen LogP contribution is 2.39. The summed E-state index contributed by atoms with van der Waals surface area (Å²) >= 11 is 3.38. The molecule has 0 aromatic heterocycles. The molecule has 1 saturated heterocycles. The van der Waals surface area contributed by atoms with E-state index in [0.717, 1.165) is 12.8 Å². The van der Waals surface area contributed by atoms with E-state index in [4.69, 9.17) is 14.3 Å². The summed E-state index contributed by atoms with van der Waals surface area (Å²) in [6, 6.07) is 0. The van der Waals surface area contributed by atoms with Crippen molar-refractivity contribution in [2.45, 2.75) is 30.4 Å². The molecule has 0 N–H and O–H groups in total. The lowest BCUT2D eigenvalue weighted by Gasteiger charge is -2.23. The summed E-state index contributed by atoms with van der Waals surface area (Å²) in [6.45, 7) is 2.71. The Morgan fingerprint density at radius 1 is 1.80 bits per heavy atom. The zero-order valence-corrected chi connectivity index (χ0v) is 9.95. The van der Waals surface area contributed by atoms with Gasteiger partial charge in [0.15, 0.2) is 5.71 Å². The monoisotopic (exact) mass is 277 g/mol. The number of oxime groups is 1. The second-order valence-corrected chi connectivity index (χ2v) is 4.33. The summed E-state index contributed by atoms with van der Waals surface area (Å²) in [4.78, 5) is 16.3. The molecular formula is C9H12BrNO4. The van der Waals surface area contributed by atoms with Crippen LogP contribution in [-0.4, -0.2) is 35.5 Å². The minimum Gasteiger partial charge on any atom is -0.461 e. The van der Waals surface area contributed by atoms with Crippen LogP contribution in [0.3, 0.4) is 0 Å². The number of ether oxygens (including phenoxy) is 2. The van der Waals surface area contributed by atoms with E-state index in [1.54, 1.807) is 6.92 Å². The smallest absolute Gasteiger partial charge is 0.357 e. The van der Waals surface area contributed by atoms with E-state index >= 15 is 0 Å². The average Bonchev–Trinajstić information content (AvgIpc) is 2.79. The predicted molar refractivity (Wildman–Crippen MR) is 55.8 cm³/mol. The van der Waals surface area contributed by atoms with Gasteiger partial charge < -0.3 is 14.3 Å². The van der Waals surface area contributed by atoms with Gasteiger partial charge in [0.1, 0.15) is 4.83 Å². The lowest BCUT2D eigenvalue weighted by atomic mass is 10.1. The molecule has 2 aliphatic heterocycles. The Labute approximate surface area is 95.9 Å². The van der Waals surface area contributed by atoms with Crippen LogP contribution in [0.2, 0.25) is 0 Å².